The third kappa shape index (κ3) is 4.79. The molecule has 1 atom stereocenters. The minimum absolute atomic E-state index is 0.0351. The smallest absolute Gasteiger partial charge is 0.181 e. The van der Waals surface area contributed by atoms with E-state index in [4.69, 9.17) is 23.2 Å². The molecule has 0 saturated carbocycles. The summed E-state index contributed by atoms with van der Waals surface area (Å²) in [6.45, 7) is 7.16. The molecule has 0 aliphatic carbocycles. The van der Waals surface area contributed by atoms with Crippen molar-refractivity contribution in [2.45, 2.75) is 33.2 Å². The van der Waals surface area contributed by atoms with E-state index in [9.17, 15) is 4.79 Å². The predicted octanol–water partition coefficient (Wildman–Crippen LogP) is 4.54. The molecule has 0 bridgehead atoms. The number of benzene rings is 1. The highest BCUT2D eigenvalue weighted by atomic mass is 35.5. The average Bonchev–Trinajstić information content (AvgIpc) is 2.34. The molecule has 19 heavy (non-hydrogen) atoms. The van der Waals surface area contributed by atoms with E-state index in [-0.39, 0.29) is 11.8 Å². The average molecular weight is 302 g/mol. The number of carbonyl (C=O) groups excluding carboxylic acids is 1. The van der Waals surface area contributed by atoms with Gasteiger partial charge in [0.25, 0.3) is 0 Å². The monoisotopic (exact) mass is 301 g/mol. The molecule has 0 amide bonds. The summed E-state index contributed by atoms with van der Waals surface area (Å²) in [5, 5.41) is 0.962. The van der Waals surface area contributed by atoms with Crippen LogP contribution in [0.1, 0.15) is 37.6 Å². The second-order valence-corrected chi connectivity index (χ2v) is 6.17. The predicted molar refractivity (Wildman–Crippen MR) is 82.3 cm³/mol. The molecule has 0 fully saturated rings. The van der Waals surface area contributed by atoms with Crippen molar-refractivity contribution in [1.82, 2.24) is 4.90 Å². The summed E-state index contributed by atoms with van der Waals surface area (Å²) in [5.74, 6) is 0.664. The fourth-order valence-electron chi connectivity index (χ4n) is 1.77. The van der Waals surface area contributed by atoms with Crippen LogP contribution < -0.4 is 0 Å². The van der Waals surface area contributed by atoms with Gasteiger partial charge >= 0.3 is 0 Å². The lowest BCUT2D eigenvalue weighted by atomic mass is 10.0. The highest BCUT2D eigenvalue weighted by Gasteiger charge is 2.21. The Labute approximate surface area is 125 Å². The summed E-state index contributed by atoms with van der Waals surface area (Å²) in [6, 6.07) is 4.82. The number of ketones is 1. The van der Waals surface area contributed by atoms with E-state index in [1.54, 1.807) is 18.2 Å². The van der Waals surface area contributed by atoms with E-state index in [0.29, 0.717) is 21.5 Å². The highest BCUT2D eigenvalue weighted by molar-refractivity contribution is 6.37. The maximum atomic E-state index is 12.4. The summed E-state index contributed by atoms with van der Waals surface area (Å²) in [4.78, 5) is 14.5. The van der Waals surface area contributed by atoms with Gasteiger partial charge in [-0.2, -0.15) is 0 Å². The van der Waals surface area contributed by atoms with Crippen LogP contribution in [0.15, 0.2) is 18.2 Å². The lowest BCUT2D eigenvalue weighted by Gasteiger charge is -2.24. The summed E-state index contributed by atoms with van der Waals surface area (Å²) < 4.78 is 0. The minimum atomic E-state index is -0.183. The number of hydrogen-bond acceptors (Lipinski definition) is 2. The van der Waals surface area contributed by atoms with Gasteiger partial charge in [-0.3, -0.25) is 9.69 Å². The van der Waals surface area contributed by atoms with Crippen molar-refractivity contribution in [1.29, 1.82) is 0 Å². The molecular formula is C15H21Cl2NO. The Morgan fingerprint density at radius 2 is 1.89 bits per heavy atom. The molecule has 0 radical (unpaired) electrons. The van der Waals surface area contributed by atoms with Gasteiger partial charge in [-0.25, -0.2) is 0 Å². The van der Waals surface area contributed by atoms with Gasteiger partial charge in [0.15, 0.2) is 5.78 Å². The van der Waals surface area contributed by atoms with Crippen LogP contribution in [0.4, 0.5) is 0 Å². The van der Waals surface area contributed by atoms with Crippen molar-refractivity contribution in [2.75, 3.05) is 13.6 Å². The van der Waals surface area contributed by atoms with E-state index < -0.39 is 0 Å². The Hall–Kier alpha value is -0.570. The summed E-state index contributed by atoms with van der Waals surface area (Å²) in [5.41, 5.74) is 0.537. The van der Waals surface area contributed by atoms with Gasteiger partial charge in [0.1, 0.15) is 0 Å². The summed E-state index contributed by atoms with van der Waals surface area (Å²) >= 11 is 11.9. The third-order valence-corrected chi connectivity index (χ3v) is 3.84. The third-order valence-electron chi connectivity index (χ3n) is 3.30. The van der Waals surface area contributed by atoms with E-state index in [0.717, 1.165) is 13.0 Å². The Bertz CT molecular complexity index is 446. The Morgan fingerprint density at radius 3 is 2.42 bits per heavy atom. The van der Waals surface area contributed by atoms with Crippen molar-refractivity contribution in [2.24, 2.45) is 5.92 Å². The Balaban J connectivity index is 2.76. The van der Waals surface area contributed by atoms with Crippen LogP contribution in [0.25, 0.3) is 0 Å². The first-order chi connectivity index (χ1) is 8.82. The number of hydrogen-bond donors (Lipinski definition) is 0. The zero-order chi connectivity index (χ0) is 14.6. The van der Waals surface area contributed by atoms with Crippen molar-refractivity contribution in [3.63, 3.8) is 0 Å². The van der Waals surface area contributed by atoms with Crippen molar-refractivity contribution in [3.8, 4) is 0 Å². The zero-order valence-electron chi connectivity index (χ0n) is 11.9. The van der Waals surface area contributed by atoms with E-state index in [2.05, 4.69) is 18.7 Å². The number of Topliss-reactive ketones (excluding diaryl/α,β-unsaturated/α-hetero) is 1. The lowest BCUT2D eigenvalue weighted by Crippen LogP contribution is -2.37. The van der Waals surface area contributed by atoms with Crippen LogP contribution in [-0.4, -0.2) is 30.3 Å². The molecule has 0 saturated heterocycles. The standard InChI is InChI=1S/C15H21Cl2NO/c1-10(2)7-8-18(4)11(3)15(19)13-6-5-12(16)9-14(13)17/h5-6,9-11H,7-8H2,1-4H3. The minimum Gasteiger partial charge on any atom is -0.297 e. The Kier molecular flexibility index (Phi) is 6.31. The zero-order valence-corrected chi connectivity index (χ0v) is 13.4. The van der Waals surface area contributed by atoms with E-state index >= 15 is 0 Å². The fraction of sp³-hybridized carbons (Fsp3) is 0.533. The molecule has 1 rings (SSSR count). The molecule has 0 aliphatic rings. The van der Waals surface area contributed by atoms with Crippen molar-refractivity contribution < 1.29 is 4.79 Å². The second kappa shape index (κ2) is 7.28. The molecule has 0 aromatic heterocycles. The molecule has 1 aromatic rings. The molecule has 0 N–H and O–H groups in total. The topological polar surface area (TPSA) is 20.3 Å². The molecule has 2 nitrogen and oxygen atoms in total. The van der Waals surface area contributed by atoms with Gasteiger partial charge in [0, 0.05) is 10.6 Å². The highest BCUT2D eigenvalue weighted by Crippen LogP contribution is 2.23. The molecule has 106 valence electrons. The van der Waals surface area contributed by atoms with E-state index in [1.165, 1.54) is 0 Å². The molecule has 0 spiro atoms. The van der Waals surface area contributed by atoms with Gasteiger partial charge < -0.3 is 0 Å². The van der Waals surface area contributed by atoms with Gasteiger partial charge in [-0.15, -0.1) is 0 Å². The molecule has 1 aromatic carbocycles. The number of nitrogens with zero attached hydrogens (tertiary/aromatic N) is 1. The van der Waals surface area contributed by atoms with Gasteiger partial charge in [-0.1, -0.05) is 37.0 Å². The molecule has 1 unspecified atom stereocenters. The fourth-order valence-corrected chi connectivity index (χ4v) is 2.27. The number of likely N-dealkylation sites (N-methyl/N-ethyl adjacent to an activating group) is 1. The summed E-state index contributed by atoms with van der Waals surface area (Å²) in [7, 11) is 1.97. The molecule has 0 aliphatic heterocycles. The second-order valence-electron chi connectivity index (χ2n) is 5.33. The largest absolute Gasteiger partial charge is 0.297 e. The number of carbonyl (C=O) groups is 1. The van der Waals surface area contributed by atoms with Crippen LogP contribution in [0.5, 0.6) is 0 Å². The van der Waals surface area contributed by atoms with Crippen molar-refractivity contribution in [3.05, 3.63) is 33.8 Å². The lowest BCUT2D eigenvalue weighted by molar-refractivity contribution is 0.0864. The van der Waals surface area contributed by atoms with Crippen LogP contribution in [0, 0.1) is 5.92 Å². The van der Waals surface area contributed by atoms with Gasteiger partial charge in [0.2, 0.25) is 0 Å². The van der Waals surface area contributed by atoms with Crippen LogP contribution >= 0.6 is 23.2 Å². The quantitative estimate of drug-likeness (QED) is 0.719. The molecular weight excluding hydrogens is 281 g/mol. The number of rotatable bonds is 6. The number of halogens is 2. The normalized spacial score (nSPS) is 13.1. The maximum absolute atomic E-state index is 12.4. The maximum Gasteiger partial charge on any atom is 0.181 e. The van der Waals surface area contributed by atoms with Crippen molar-refractivity contribution >= 4 is 29.0 Å². The first-order valence-corrected chi connectivity index (χ1v) is 7.28. The van der Waals surface area contributed by atoms with E-state index in [1.807, 2.05) is 14.0 Å². The summed E-state index contributed by atoms with van der Waals surface area (Å²) in [6.07, 6.45) is 1.07. The first kappa shape index (κ1) is 16.5. The Morgan fingerprint density at radius 1 is 1.26 bits per heavy atom. The molecule has 0 heterocycles. The molecule has 4 heteroatoms. The van der Waals surface area contributed by atoms with Gasteiger partial charge in [-0.05, 0) is 51.1 Å². The SMILES string of the molecule is CC(C)CCN(C)C(C)C(=O)c1ccc(Cl)cc1Cl. The van der Waals surface area contributed by atoms with Crippen LogP contribution in [-0.2, 0) is 0 Å². The van der Waals surface area contributed by atoms with Gasteiger partial charge in [0.05, 0.1) is 11.1 Å². The first-order valence-electron chi connectivity index (χ1n) is 6.52. The van der Waals surface area contributed by atoms with Crippen LogP contribution in [0.2, 0.25) is 10.0 Å². The van der Waals surface area contributed by atoms with Crippen LogP contribution in [0.3, 0.4) is 0 Å².